The predicted molar refractivity (Wildman–Crippen MR) is 90.1 cm³/mol. The van der Waals surface area contributed by atoms with Crippen LogP contribution in [0.15, 0.2) is 45.6 Å². The number of fused-ring (bicyclic) bond motifs is 2. The lowest BCUT2D eigenvalue weighted by molar-refractivity contribution is 0.0723. The minimum atomic E-state index is -0.561. The standard InChI is InChI=1S/C18H15N3O4/c1-9-12-4-3-11(16(19)22)7-13(12)17(23)21(9)8-10-2-5-14-15(6-10)25-18(24)20-14/h2-7,9H,8H2,1H3,(H2,19,22)(H,20,24). The lowest BCUT2D eigenvalue weighted by Gasteiger charge is -2.22. The van der Waals surface area contributed by atoms with E-state index in [1.807, 2.05) is 13.0 Å². The fourth-order valence-electron chi connectivity index (χ4n) is 3.25. The first-order valence-electron chi connectivity index (χ1n) is 7.80. The van der Waals surface area contributed by atoms with Crippen molar-refractivity contribution in [3.05, 3.63) is 69.2 Å². The minimum absolute atomic E-state index is 0.127. The van der Waals surface area contributed by atoms with E-state index in [0.717, 1.165) is 11.1 Å². The van der Waals surface area contributed by atoms with Crippen LogP contribution < -0.4 is 11.5 Å². The number of carbonyl (C=O) groups excluding carboxylic acids is 2. The van der Waals surface area contributed by atoms with Crippen LogP contribution >= 0.6 is 0 Å². The van der Waals surface area contributed by atoms with Crippen LogP contribution in [0.25, 0.3) is 11.1 Å². The molecule has 25 heavy (non-hydrogen) atoms. The Bertz CT molecular complexity index is 1080. The van der Waals surface area contributed by atoms with Crippen LogP contribution in [0.5, 0.6) is 0 Å². The summed E-state index contributed by atoms with van der Waals surface area (Å²) in [5, 5.41) is 0. The average molecular weight is 337 g/mol. The molecule has 2 aromatic carbocycles. The summed E-state index contributed by atoms with van der Waals surface area (Å²) in [4.78, 5) is 39.6. The molecule has 126 valence electrons. The SMILES string of the molecule is CC1c2ccc(C(N)=O)cc2C(=O)N1Cc1ccc2[nH]c(=O)oc2c1. The number of amides is 2. The van der Waals surface area contributed by atoms with Crippen LogP contribution in [0, 0.1) is 0 Å². The molecule has 7 nitrogen and oxygen atoms in total. The average Bonchev–Trinajstić information content (AvgIpc) is 3.06. The predicted octanol–water partition coefficient (Wildman–Crippen LogP) is 1.94. The number of aromatic amines is 1. The smallest absolute Gasteiger partial charge is 0.408 e. The summed E-state index contributed by atoms with van der Waals surface area (Å²) in [5.41, 5.74) is 8.89. The summed E-state index contributed by atoms with van der Waals surface area (Å²) in [7, 11) is 0. The van der Waals surface area contributed by atoms with Crippen molar-refractivity contribution in [2.45, 2.75) is 19.5 Å². The third kappa shape index (κ3) is 2.40. The van der Waals surface area contributed by atoms with Crippen LogP contribution in [-0.2, 0) is 6.54 Å². The van der Waals surface area contributed by atoms with Gasteiger partial charge in [0.2, 0.25) is 5.91 Å². The second-order valence-electron chi connectivity index (χ2n) is 6.12. The minimum Gasteiger partial charge on any atom is -0.408 e. The van der Waals surface area contributed by atoms with E-state index in [0.29, 0.717) is 28.8 Å². The van der Waals surface area contributed by atoms with Crippen molar-refractivity contribution in [1.82, 2.24) is 9.88 Å². The molecule has 0 saturated heterocycles. The lowest BCUT2D eigenvalue weighted by atomic mass is 10.0. The van der Waals surface area contributed by atoms with Crippen molar-refractivity contribution in [3.63, 3.8) is 0 Å². The van der Waals surface area contributed by atoms with Crippen molar-refractivity contribution in [2.24, 2.45) is 5.73 Å². The molecule has 2 amide bonds. The number of rotatable bonds is 3. The van der Waals surface area contributed by atoms with Crippen LogP contribution in [0.4, 0.5) is 0 Å². The Hall–Kier alpha value is -3.35. The van der Waals surface area contributed by atoms with Gasteiger partial charge < -0.3 is 15.1 Å². The van der Waals surface area contributed by atoms with Crippen molar-refractivity contribution >= 4 is 22.9 Å². The molecular formula is C18H15N3O4. The Morgan fingerprint density at radius 3 is 2.80 bits per heavy atom. The van der Waals surface area contributed by atoms with Gasteiger partial charge in [-0.25, -0.2) is 4.79 Å². The van der Waals surface area contributed by atoms with Gasteiger partial charge in [-0.2, -0.15) is 0 Å². The van der Waals surface area contributed by atoms with Crippen LogP contribution in [0.1, 0.15) is 44.8 Å². The van der Waals surface area contributed by atoms with Crippen molar-refractivity contribution in [3.8, 4) is 0 Å². The van der Waals surface area contributed by atoms with Gasteiger partial charge >= 0.3 is 5.76 Å². The molecule has 0 radical (unpaired) electrons. The van der Waals surface area contributed by atoms with Crippen LogP contribution in [0.3, 0.4) is 0 Å². The summed E-state index contributed by atoms with van der Waals surface area (Å²) >= 11 is 0. The Labute approximate surface area is 142 Å². The number of benzene rings is 2. The normalized spacial score (nSPS) is 16.4. The summed E-state index contributed by atoms with van der Waals surface area (Å²) in [6.45, 7) is 2.30. The van der Waals surface area contributed by atoms with Crippen LogP contribution in [0.2, 0.25) is 0 Å². The molecule has 1 aliphatic heterocycles. The highest BCUT2D eigenvalue weighted by atomic mass is 16.4. The quantitative estimate of drug-likeness (QED) is 0.761. The molecule has 3 aromatic rings. The number of primary amides is 1. The molecule has 1 unspecified atom stereocenters. The Morgan fingerprint density at radius 2 is 2.04 bits per heavy atom. The number of hydrogen-bond donors (Lipinski definition) is 2. The topological polar surface area (TPSA) is 109 Å². The van der Waals surface area contributed by atoms with Crippen molar-refractivity contribution in [1.29, 1.82) is 0 Å². The number of nitrogens with zero attached hydrogens (tertiary/aromatic N) is 1. The maximum Gasteiger partial charge on any atom is 0.417 e. The van der Waals surface area contributed by atoms with E-state index < -0.39 is 11.7 Å². The lowest BCUT2D eigenvalue weighted by Crippen LogP contribution is -2.26. The molecule has 1 atom stereocenters. The molecule has 0 saturated carbocycles. The van der Waals surface area contributed by atoms with E-state index in [2.05, 4.69) is 4.98 Å². The number of hydrogen-bond acceptors (Lipinski definition) is 4. The van der Waals surface area contributed by atoms with Gasteiger partial charge in [0.25, 0.3) is 5.91 Å². The zero-order valence-electron chi connectivity index (χ0n) is 13.4. The van der Waals surface area contributed by atoms with E-state index in [1.165, 1.54) is 0 Å². The summed E-state index contributed by atoms with van der Waals surface area (Å²) in [5.74, 6) is -1.22. The zero-order valence-corrected chi connectivity index (χ0v) is 13.4. The van der Waals surface area contributed by atoms with Gasteiger partial charge in [-0.3, -0.25) is 14.6 Å². The van der Waals surface area contributed by atoms with Gasteiger partial charge in [0.05, 0.1) is 11.6 Å². The number of oxazole rings is 1. The van der Waals surface area contributed by atoms with Crippen LogP contribution in [-0.4, -0.2) is 21.7 Å². The summed E-state index contributed by atoms with van der Waals surface area (Å²) in [6, 6.07) is 10.2. The zero-order chi connectivity index (χ0) is 17.7. The van der Waals surface area contributed by atoms with Gasteiger partial charge in [-0.15, -0.1) is 0 Å². The van der Waals surface area contributed by atoms with E-state index in [-0.39, 0.29) is 11.9 Å². The van der Waals surface area contributed by atoms with E-state index in [1.54, 1.807) is 35.2 Å². The Balaban J connectivity index is 1.67. The van der Waals surface area contributed by atoms with Gasteiger partial charge in [0.1, 0.15) is 0 Å². The fourth-order valence-corrected chi connectivity index (χ4v) is 3.25. The molecule has 7 heteroatoms. The molecule has 0 fully saturated rings. The molecule has 0 aliphatic carbocycles. The number of aromatic nitrogens is 1. The highest BCUT2D eigenvalue weighted by Gasteiger charge is 2.34. The highest BCUT2D eigenvalue weighted by molar-refractivity contribution is 6.02. The second kappa shape index (κ2) is 5.34. The number of H-pyrrole nitrogens is 1. The number of nitrogens with one attached hydrogen (secondary N) is 1. The molecule has 3 N–H and O–H groups in total. The molecule has 2 heterocycles. The van der Waals surface area contributed by atoms with Crippen molar-refractivity contribution < 1.29 is 14.0 Å². The Morgan fingerprint density at radius 1 is 1.24 bits per heavy atom. The first kappa shape index (κ1) is 15.2. The fraction of sp³-hybridized carbons (Fsp3) is 0.167. The summed E-state index contributed by atoms with van der Waals surface area (Å²) < 4.78 is 5.06. The molecule has 4 rings (SSSR count). The van der Waals surface area contributed by atoms with E-state index in [9.17, 15) is 14.4 Å². The maximum atomic E-state index is 12.7. The largest absolute Gasteiger partial charge is 0.417 e. The Kier molecular flexibility index (Phi) is 3.24. The molecule has 0 spiro atoms. The molecule has 1 aromatic heterocycles. The number of carbonyl (C=O) groups is 2. The van der Waals surface area contributed by atoms with Gasteiger partial charge in [-0.1, -0.05) is 12.1 Å². The monoisotopic (exact) mass is 337 g/mol. The highest BCUT2D eigenvalue weighted by Crippen LogP contribution is 2.35. The third-order valence-corrected chi connectivity index (χ3v) is 4.59. The molecule has 1 aliphatic rings. The van der Waals surface area contributed by atoms with Gasteiger partial charge in [0.15, 0.2) is 5.58 Å². The maximum absolute atomic E-state index is 12.7. The second-order valence-corrected chi connectivity index (χ2v) is 6.12. The third-order valence-electron chi connectivity index (χ3n) is 4.59. The molecular weight excluding hydrogens is 322 g/mol. The molecule has 0 bridgehead atoms. The van der Waals surface area contributed by atoms with Crippen molar-refractivity contribution in [2.75, 3.05) is 0 Å². The first-order chi connectivity index (χ1) is 11.9. The van der Waals surface area contributed by atoms with Gasteiger partial charge in [-0.05, 0) is 42.3 Å². The first-order valence-corrected chi connectivity index (χ1v) is 7.80. The summed E-state index contributed by atoms with van der Waals surface area (Å²) in [6.07, 6.45) is 0. The van der Waals surface area contributed by atoms with E-state index >= 15 is 0 Å². The van der Waals surface area contributed by atoms with E-state index in [4.69, 9.17) is 10.2 Å². The number of nitrogens with two attached hydrogens (primary N) is 1. The van der Waals surface area contributed by atoms with Gasteiger partial charge in [0, 0.05) is 17.7 Å².